The number of hydrogen-bond donors (Lipinski definition) is 1. The van der Waals surface area contributed by atoms with E-state index in [0.29, 0.717) is 0 Å². The molecule has 0 bridgehead atoms. The largest absolute Gasteiger partial charge is 0.279 e. The lowest BCUT2D eigenvalue weighted by Gasteiger charge is -2.11. The highest BCUT2D eigenvalue weighted by Crippen LogP contribution is 2.21. The van der Waals surface area contributed by atoms with Gasteiger partial charge in [0.2, 0.25) is 10.0 Å². The van der Waals surface area contributed by atoms with Crippen LogP contribution < -0.4 is 4.72 Å². The smallest absolute Gasteiger partial charge is 0.249 e. The van der Waals surface area contributed by atoms with Crippen LogP contribution >= 0.6 is 11.6 Å². The molecular weight excluding hydrogens is 267 g/mol. The van der Waals surface area contributed by atoms with Gasteiger partial charge in [0.15, 0.2) is 5.25 Å². The Morgan fingerprint density at radius 2 is 2.24 bits per heavy atom. The summed E-state index contributed by atoms with van der Waals surface area (Å²) in [6.45, 7) is 1.56. The molecule has 1 aromatic carbocycles. The summed E-state index contributed by atoms with van der Waals surface area (Å²) in [5.41, 5.74) is -0.219. The van der Waals surface area contributed by atoms with Crippen molar-refractivity contribution in [2.24, 2.45) is 0 Å². The van der Waals surface area contributed by atoms with Gasteiger partial charge >= 0.3 is 0 Å². The Labute approximate surface area is 104 Å². The van der Waals surface area contributed by atoms with Gasteiger partial charge in [-0.25, -0.2) is 12.8 Å². The van der Waals surface area contributed by atoms with E-state index in [9.17, 15) is 12.8 Å². The lowest BCUT2D eigenvalue weighted by molar-refractivity contribution is 0.590. The van der Waals surface area contributed by atoms with E-state index in [4.69, 9.17) is 16.9 Å². The van der Waals surface area contributed by atoms with Crippen molar-refractivity contribution in [3.63, 3.8) is 0 Å². The first-order chi connectivity index (χ1) is 7.90. The van der Waals surface area contributed by atoms with Crippen LogP contribution in [0.3, 0.4) is 0 Å². The Hall–Kier alpha value is -1.32. The van der Waals surface area contributed by atoms with Gasteiger partial charge in [-0.15, -0.1) is 0 Å². The first-order valence-electron chi connectivity index (χ1n) is 4.77. The van der Waals surface area contributed by atoms with Crippen LogP contribution in [-0.4, -0.2) is 13.7 Å². The fraction of sp³-hybridized carbons (Fsp3) is 0.300. The van der Waals surface area contributed by atoms with Crippen molar-refractivity contribution in [3.05, 3.63) is 29.0 Å². The normalized spacial score (nSPS) is 12.8. The van der Waals surface area contributed by atoms with E-state index < -0.39 is 21.1 Å². The van der Waals surface area contributed by atoms with E-state index in [-0.39, 0.29) is 17.1 Å². The third-order valence-electron chi connectivity index (χ3n) is 2.07. The summed E-state index contributed by atoms with van der Waals surface area (Å²) in [6.07, 6.45) is 0.126. The molecule has 0 aliphatic carbocycles. The van der Waals surface area contributed by atoms with Crippen LogP contribution in [0.15, 0.2) is 18.2 Å². The zero-order valence-corrected chi connectivity index (χ0v) is 10.5. The molecule has 0 spiro atoms. The van der Waals surface area contributed by atoms with Crippen molar-refractivity contribution in [1.82, 2.24) is 0 Å². The van der Waals surface area contributed by atoms with Crippen LogP contribution in [-0.2, 0) is 10.0 Å². The standard InChI is InChI=1S/C10H10ClFN2O2S/c1-2-8(6-13)17(15,16)14-10-4-3-7(11)5-9(10)12/h3-5,8,14H,2H2,1H3. The SMILES string of the molecule is CCC(C#N)S(=O)(=O)Nc1ccc(Cl)cc1F. The van der Waals surface area contributed by atoms with Crippen LogP contribution in [0.4, 0.5) is 10.1 Å². The average Bonchev–Trinajstić information content (AvgIpc) is 2.23. The minimum absolute atomic E-state index is 0.126. The minimum Gasteiger partial charge on any atom is -0.279 e. The number of nitrogens with zero attached hydrogens (tertiary/aromatic N) is 1. The molecule has 17 heavy (non-hydrogen) atoms. The molecule has 0 saturated heterocycles. The number of nitrogens with one attached hydrogen (secondary N) is 1. The molecule has 4 nitrogen and oxygen atoms in total. The summed E-state index contributed by atoms with van der Waals surface area (Å²) in [6, 6.07) is 5.20. The third kappa shape index (κ3) is 3.32. The maximum absolute atomic E-state index is 13.4. The third-order valence-corrected chi connectivity index (χ3v) is 4.00. The van der Waals surface area contributed by atoms with Crippen LogP contribution in [0.5, 0.6) is 0 Å². The summed E-state index contributed by atoms with van der Waals surface area (Å²) in [5, 5.41) is 7.62. The van der Waals surface area contributed by atoms with E-state index in [1.165, 1.54) is 12.1 Å². The van der Waals surface area contributed by atoms with Crippen molar-refractivity contribution in [3.8, 4) is 6.07 Å². The quantitative estimate of drug-likeness (QED) is 0.919. The number of hydrogen-bond acceptors (Lipinski definition) is 3. The van der Waals surface area contributed by atoms with Crippen molar-refractivity contribution < 1.29 is 12.8 Å². The molecule has 1 unspecified atom stereocenters. The summed E-state index contributed by atoms with van der Waals surface area (Å²) in [4.78, 5) is 0. The second kappa shape index (κ2) is 5.34. The summed E-state index contributed by atoms with van der Waals surface area (Å²) in [5.74, 6) is -0.783. The van der Waals surface area contributed by atoms with Gasteiger partial charge in [-0.3, -0.25) is 4.72 Å². The minimum atomic E-state index is -3.91. The zero-order valence-electron chi connectivity index (χ0n) is 8.94. The predicted octanol–water partition coefficient (Wildman–Crippen LogP) is 2.52. The maximum atomic E-state index is 13.4. The molecule has 0 fully saturated rings. The Morgan fingerprint density at radius 3 is 2.71 bits per heavy atom. The number of benzene rings is 1. The summed E-state index contributed by atoms with van der Waals surface area (Å²) < 4.78 is 38.7. The zero-order chi connectivity index (χ0) is 13.1. The molecule has 0 aliphatic rings. The van der Waals surface area contributed by atoms with E-state index >= 15 is 0 Å². The highest BCUT2D eigenvalue weighted by atomic mass is 35.5. The van der Waals surface area contributed by atoms with Crippen molar-refractivity contribution in [2.45, 2.75) is 18.6 Å². The molecule has 0 saturated carbocycles. The van der Waals surface area contributed by atoms with Gasteiger partial charge in [0.1, 0.15) is 5.82 Å². The summed E-state index contributed by atoms with van der Waals surface area (Å²) in [7, 11) is -3.91. The van der Waals surface area contributed by atoms with Crippen molar-refractivity contribution in [2.75, 3.05) is 4.72 Å². The fourth-order valence-corrected chi connectivity index (χ4v) is 2.53. The van der Waals surface area contributed by atoms with Crippen LogP contribution in [0, 0.1) is 17.1 Å². The van der Waals surface area contributed by atoms with Crippen LogP contribution in [0.1, 0.15) is 13.3 Å². The first kappa shape index (κ1) is 13.7. The molecule has 92 valence electrons. The van der Waals surface area contributed by atoms with E-state index in [1.54, 1.807) is 13.0 Å². The van der Waals surface area contributed by atoms with E-state index in [1.807, 2.05) is 4.72 Å². The lowest BCUT2D eigenvalue weighted by atomic mass is 10.3. The van der Waals surface area contributed by atoms with E-state index in [0.717, 1.165) is 6.07 Å². The van der Waals surface area contributed by atoms with Gasteiger partial charge in [-0.1, -0.05) is 18.5 Å². The molecule has 1 rings (SSSR count). The van der Waals surface area contributed by atoms with Gasteiger partial charge in [0, 0.05) is 5.02 Å². The number of halogens is 2. The molecule has 0 heterocycles. The molecule has 0 radical (unpaired) electrons. The highest BCUT2D eigenvalue weighted by molar-refractivity contribution is 7.93. The molecule has 1 N–H and O–H groups in total. The van der Waals surface area contributed by atoms with Gasteiger partial charge in [-0.2, -0.15) is 5.26 Å². The van der Waals surface area contributed by atoms with Gasteiger partial charge in [0.25, 0.3) is 0 Å². The Bertz CT molecular complexity index is 554. The predicted molar refractivity (Wildman–Crippen MR) is 63.6 cm³/mol. The molecule has 1 aromatic rings. The molecule has 1 atom stereocenters. The van der Waals surface area contributed by atoms with E-state index in [2.05, 4.69) is 0 Å². The number of anilines is 1. The average molecular weight is 277 g/mol. The Morgan fingerprint density at radius 1 is 1.59 bits per heavy atom. The topological polar surface area (TPSA) is 70.0 Å². The molecule has 7 heteroatoms. The Balaban J connectivity index is 3.03. The molecule has 0 aromatic heterocycles. The monoisotopic (exact) mass is 276 g/mol. The van der Waals surface area contributed by atoms with Crippen molar-refractivity contribution >= 4 is 27.3 Å². The van der Waals surface area contributed by atoms with Crippen LogP contribution in [0.2, 0.25) is 5.02 Å². The number of sulfonamides is 1. The first-order valence-corrected chi connectivity index (χ1v) is 6.69. The maximum Gasteiger partial charge on any atom is 0.249 e. The van der Waals surface area contributed by atoms with Gasteiger partial charge in [0.05, 0.1) is 11.8 Å². The highest BCUT2D eigenvalue weighted by Gasteiger charge is 2.24. The van der Waals surface area contributed by atoms with Gasteiger partial charge < -0.3 is 0 Å². The van der Waals surface area contributed by atoms with Crippen LogP contribution in [0.25, 0.3) is 0 Å². The van der Waals surface area contributed by atoms with Gasteiger partial charge in [-0.05, 0) is 24.6 Å². The summed E-state index contributed by atoms with van der Waals surface area (Å²) >= 11 is 5.54. The second-order valence-electron chi connectivity index (χ2n) is 3.30. The Kier molecular flexibility index (Phi) is 4.32. The number of nitriles is 1. The van der Waals surface area contributed by atoms with Crippen molar-refractivity contribution in [1.29, 1.82) is 5.26 Å². The fourth-order valence-electron chi connectivity index (χ4n) is 1.18. The number of rotatable bonds is 4. The second-order valence-corrected chi connectivity index (χ2v) is 5.60. The molecular formula is C10H10ClFN2O2S. The lowest BCUT2D eigenvalue weighted by Crippen LogP contribution is -2.26. The molecule has 0 aliphatic heterocycles. The molecule has 0 amide bonds.